The van der Waals surface area contributed by atoms with E-state index in [2.05, 4.69) is 0 Å². The van der Waals surface area contributed by atoms with E-state index in [1.807, 2.05) is 0 Å². The monoisotopic (exact) mass is 244 g/mol. The van der Waals surface area contributed by atoms with Crippen LogP contribution in [0, 0.1) is 11.7 Å². The van der Waals surface area contributed by atoms with Gasteiger partial charge in [0.05, 0.1) is 5.75 Å². The zero-order valence-electron chi connectivity index (χ0n) is 8.00. The first-order valence-corrected chi connectivity index (χ1v) is 6.24. The van der Waals surface area contributed by atoms with Gasteiger partial charge in [-0.3, -0.25) is 4.79 Å². The van der Waals surface area contributed by atoms with Crippen molar-refractivity contribution in [3.63, 3.8) is 0 Å². The molecule has 0 saturated carbocycles. The van der Waals surface area contributed by atoms with Gasteiger partial charge >= 0.3 is 0 Å². The summed E-state index contributed by atoms with van der Waals surface area (Å²) in [5.74, 6) is 1.45. The van der Waals surface area contributed by atoms with Crippen molar-refractivity contribution in [2.24, 2.45) is 5.92 Å². The van der Waals surface area contributed by atoms with Crippen LogP contribution in [0.25, 0.3) is 0 Å². The lowest BCUT2D eigenvalue weighted by Gasteiger charge is -2.08. The van der Waals surface area contributed by atoms with Crippen LogP contribution in [0.4, 0.5) is 4.39 Å². The Morgan fingerprint density at radius 2 is 2.33 bits per heavy atom. The van der Waals surface area contributed by atoms with Gasteiger partial charge in [0.1, 0.15) is 11.6 Å². The van der Waals surface area contributed by atoms with E-state index in [4.69, 9.17) is 11.6 Å². The second-order valence-electron chi connectivity index (χ2n) is 3.62. The zero-order chi connectivity index (χ0) is 10.8. The number of Topliss-reactive ketones (excluding diaryl/α,β-unsaturated/α-hetero) is 1. The van der Waals surface area contributed by atoms with Gasteiger partial charge in [0.25, 0.3) is 0 Å². The third-order valence-corrected chi connectivity index (χ3v) is 3.98. The van der Waals surface area contributed by atoms with Crippen LogP contribution in [0.3, 0.4) is 0 Å². The molecule has 1 aromatic carbocycles. The summed E-state index contributed by atoms with van der Waals surface area (Å²) < 4.78 is 12.8. The molecule has 1 atom stereocenters. The summed E-state index contributed by atoms with van der Waals surface area (Å²) in [5.41, 5.74) is 0.860. The maximum absolute atomic E-state index is 12.8. The smallest absolute Gasteiger partial charge is 0.146 e. The van der Waals surface area contributed by atoms with Crippen LogP contribution in [0.15, 0.2) is 18.2 Å². The predicted octanol–water partition coefficient (Wildman–Crippen LogP) is 2.95. The molecule has 1 heterocycles. The van der Waals surface area contributed by atoms with E-state index < -0.39 is 0 Å². The van der Waals surface area contributed by atoms with Crippen LogP contribution >= 0.6 is 23.4 Å². The molecular weight excluding hydrogens is 235 g/mol. The molecule has 15 heavy (non-hydrogen) atoms. The van der Waals surface area contributed by atoms with Crippen LogP contribution in [0.1, 0.15) is 5.56 Å². The van der Waals surface area contributed by atoms with Gasteiger partial charge in [-0.2, -0.15) is 11.8 Å². The molecule has 1 nitrogen and oxygen atoms in total. The normalized spacial score (nSPS) is 20.9. The first kappa shape index (κ1) is 11.0. The van der Waals surface area contributed by atoms with E-state index in [1.54, 1.807) is 17.8 Å². The van der Waals surface area contributed by atoms with Crippen molar-refractivity contribution >= 4 is 29.1 Å². The Bertz CT molecular complexity index is 394. The molecule has 2 rings (SSSR count). The average molecular weight is 245 g/mol. The molecule has 0 N–H and O–H groups in total. The van der Waals surface area contributed by atoms with E-state index in [0.717, 1.165) is 11.3 Å². The van der Waals surface area contributed by atoms with Crippen molar-refractivity contribution in [1.82, 2.24) is 0 Å². The molecule has 80 valence electrons. The van der Waals surface area contributed by atoms with E-state index >= 15 is 0 Å². The predicted molar refractivity (Wildman–Crippen MR) is 60.9 cm³/mol. The number of halogens is 2. The largest absolute Gasteiger partial charge is 0.298 e. The van der Waals surface area contributed by atoms with Gasteiger partial charge in [0.2, 0.25) is 0 Å². The summed E-state index contributed by atoms with van der Waals surface area (Å²) in [6.45, 7) is 0. The van der Waals surface area contributed by atoms with Crippen molar-refractivity contribution in [2.75, 3.05) is 11.5 Å². The van der Waals surface area contributed by atoms with Crippen LogP contribution in [-0.2, 0) is 11.2 Å². The van der Waals surface area contributed by atoms with E-state index in [1.165, 1.54) is 12.1 Å². The van der Waals surface area contributed by atoms with Crippen molar-refractivity contribution in [1.29, 1.82) is 0 Å². The lowest BCUT2D eigenvalue weighted by atomic mass is 9.98. The molecule has 1 aromatic rings. The molecule has 0 bridgehead atoms. The van der Waals surface area contributed by atoms with E-state index in [0.29, 0.717) is 17.2 Å². The minimum atomic E-state index is -0.337. The van der Waals surface area contributed by atoms with Crippen LogP contribution in [0.2, 0.25) is 5.02 Å². The summed E-state index contributed by atoms with van der Waals surface area (Å²) in [6, 6.07) is 4.34. The fourth-order valence-electron chi connectivity index (χ4n) is 1.64. The summed E-state index contributed by atoms with van der Waals surface area (Å²) >= 11 is 7.55. The van der Waals surface area contributed by atoms with Crippen molar-refractivity contribution in [2.45, 2.75) is 6.42 Å². The molecule has 0 amide bonds. The Kier molecular flexibility index (Phi) is 3.32. The summed E-state index contributed by atoms with van der Waals surface area (Å²) in [7, 11) is 0. The maximum atomic E-state index is 12.8. The van der Waals surface area contributed by atoms with Crippen molar-refractivity contribution < 1.29 is 9.18 Å². The first-order chi connectivity index (χ1) is 7.16. The molecule has 0 spiro atoms. The summed E-state index contributed by atoms with van der Waals surface area (Å²) in [4.78, 5) is 11.4. The maximum Gasteiger partial charge on any atom is 0.146 e. The zero-order valence-corrected chi connectivity index (χ0v) is 9.58. The van der Waals surface area contributed by atoms with Gasteiger partial charge in [0, 0.05) is 16.7 Å². The number of hydrogen-bond donors (Lipinski definition) is 0. The van der Waals surface area contributed by atoms with Crippen molar-refractivity contribution in [3.8, 4) is 0 Å². The quantitative estimate of drug-likeness (QED) is 0.796. The number of rotatable bonds is 2. The molecule has 1 saturated heterocycles. The number of carbonyl (C=O) groups excluding carboxylic acids is 1. The molecule has 1 fully saturated rings. The molecule has 1 aliphatic rings. The highest BCUT2D eigenvalue weighted by Crippen LogP contribution is 2.27. The van der Waals surface area contributed by atoms with E-state index in [-0.39, 0.29) is 17.5 Å². The third kappa shape index (κ3) is 2.52. The van der Waals surface area contributed by atoms with Gasteiger partial charge in [-0.05, 0) is 24.1 Å². The van der Waals surface area contributed by atoms with Gasteiger partial charge in [-0.1, -0.05) is 17.7 Å². The Morgan fingerprint density at radius 1 is 1.53 bits per heavy atom. The Labute approximate surface area is 97.0 Å². The van der Waals surface area contributed by atoms with Crippen LogP contribution < -0.4 is 0 Å². The average Bonchev–Trinajstić information content (AvgIpc) is 2.57. The number of thioether (sulfide) groups is 1. The fraction of sp³-hybridized carbons (Fsp3) is 0.364. The van der Waals surface area contributed by atoms with Crippen molar-refractivity contribution in [3.05, 3.63) is 34.6 Å². The molecule has 0 radical (unpaired) electrons. The van der Waals surface area contributed by atoms with Gasteiger partial charge in [-0.15, -0.1) is 0 Å². The molecule has 0 aromatic heterocycles. The highest BCUT2D eigenvalue weighted by Gasteiger charge is 2.25. The summed E-state index contributed by atoms with van der Waals surface area (Å²) in [6.07, 6.45) is 0.630. The Hall–Kier alpha value is -0.540. The second-order valence-corrected chi connectivity index (χ2v) is 5.06. The second kappa shape index (κ2) is 4.54. The van der Waals surface area contributed by atoms with E-state index in [9.17, 15) is 9.18 Å². The minimum Gasteiger partial charge on any atom is -0.298 e. The van der Waals surface area contributed by atoms with Crippen LogP contribution in [-0.4, -0.2) is 17.3 Å². The minimum absolute atomic E-state index is 0.0537. The number of carbonyl (C=O) groups is 1. The van der Waals surface area contributed by atoms with Gasteiger partial charge < -0.3 is 0 Å². The highest BCUT2D eigenvalue weighted by atomic mass is 35.5. The number of hydrogen-bond acceptors (Lipinski definition) is 2. The van der Waals surface area contributed by atoms with Crippen LogP contribution in [0.5, 0.6) is 0 Å². The molecule has 0 aliphatic carbocycles. The van der Waals surface area contributed by atoms with Gasteiger partial charge in [-0.25, -0.2) is 4.39 Å². The van der Waals surface area contributed by atoms with Gasteiger partial charge in [0.15, 0.2) is 0 Å². The standard InChI is InChI=1S/C11H10ClFOS/c12-10-4-9(13)2-1-7(10)3-8-5-15-6-11(8)14/h1-2,4,8H,3,5-6H2. The Morgan fingerprint density at radius 3 is 2.93 bits per heavy atom. The molecule has 4 heteroatoms. The molecule has 1 unspecified atom stereocenters. The lowest BCUT2D eigenvalue weighted by Crippen LogP contribution is -2.14. The highest BCUT2D eigenvalue weighted by molar-refractivity contribution is 8.00. The number of ketones is 1. The summed E-state index contributed by atoms with van der Waals surface area (Å²) in [5, 5.41) is 0.416. The SMILES string of the molecule is O=C1CSCC1Cc1ccc(F)cc1Cl. The fourth-order valence-corrected chi connectivity index (χ4v) is 3.03. The number of benzene rings is 1. The first-order valence-electron chi connectivity index (χ1n) is 4.71. The topological polar surface area (TPSA) is 17.1 Å². The lowest BCUT2D eigenvalue weighted by molar-refractivity contribution is -0.119. The molecule has 1 aliphatic heterocycles. The third-order valence-electron chi connectivity index (χ3n) is 2.50. The molecular formula is C11H10ClFOS. The Balaban J connectivity index is 2.13.